The molecule has 5 rings (SSSR count). The number of aromatic nitrogens is 4. The Balaban J connectivity index is 1.24. The van der Waals surface area contributed by atoms with Crippen molar-refractivity contribution in [2.24, 2.45) is 13.0 Å². The van der Waals surface area contributed by atoms with Gasteiger partial charge >= 0.3 is 0 Å². The van der Waals surface area contributed by atoms with Crippen molar-refractivity contribution in [3.63, 3.8) is 0 Å². The summed E-state index contributed by atoms with van der Waals surface area (Å²) in [7, 11) is 1.89. The van der Waals surface area contributed by atoms with Crippen LogP contribution in [-0.2, 0) is 16.6 Å². The summed E-state index contributed by atoms with van der Waals surface area (Å²) in [6, 6.07) is 6.42. The van der Waals surface area contributed by atoms with Crippen molar-refractivity contribution < 1.29 is 9.53 Å². The van der Waals surface area contributed by atoms with Gasteiger partial charge in [0, 0.05) is 61.6 Å². The molecule has 0 spiro atoms. The maximum Gasteiger partial charge on any atom is 0.228 e. The van der Waals surface area contributed by atoms with Gasteiger partial charge in [-0.2, -0.15) is 5.10 Å². The minimum atomic E-state index is 0.0308. The first-order chi connectivity index (χ1) is 15.2. The predicted octanol–water partition coefficient (Wildman–Crippen LogP) is 2.86. The molecule has 2 saturated heterocycles. The number of anilines is 1. The van der Waals surface area contributed by atoms with Crippen molar-refractivity contribution >= 4 is 22.6 Å². The summed E-state index contributed by atoms with van der Waals surface area (Å²) in [6.07, 6.45) is 9.48. The standard InChI is InChI=1S/C23H28N6O2/c1-28-15-18(14-25-28)20-3-2-17-13-24-22(12-21(17)26-20)27-23(30)16-4-8-29(9-5-16)19-6-10-31-11-7-19/h2-3,12-16,19H,4-11H2,1H3,(H,24,27,30). The van der Waals surface area contributed by atoms with E-state index in [1.54, 1.807) is 17.1 Å². The highest BCUT2D eigenvalue weighted by atomic mass is 16.5. The first-order valence-electron chi connectivity index (χ1n) is 11.0. The van der Waals surface area contributed by atoms with E-state index < -0.39 is 0 Å². The minimum Gasteiger partial charge on any atom is -0.381 e. The lowest BCUT2D eigenvalue weighted by Crippen LogP contribution is -2.45. The van der Waals surface area contributed by atoms with E-state index in [0.29, 0.717) is 11.9 Å². The lowest BCUT2D eigenvalue weighted by molar-refractivity contribution is -0.121. The van der Waals surface area contributed by atoms with E-state index in [0.717, 1.165) is 74.1 Å². The van der Waals surface area contributed by atoms with E-state index in [1.165, 1.54) is 0 Å². The Morgan fingerprint density at radius 1 is 1.13 bits per heavy atom. The van der Waals surface area contributed by atoms with E-state index in [1.807, 2.05) is 31.4 Å². The van der Waals surface area contributed by atoms with E-state index in [-0.39, 0.29) is 11.8 Å². The number of aryl methyl sites for hydroxylation is 1. The van der Waals surface area contributed by atoms with Gasteiger partial charge in [0.15, 0.2) is 0 Å². The van der Waals surface area contributed by atoms with Crippen LogP contribution in [-0.4, -0.2) is 62.9 Å². The Labute approximate surface area is 181 Å². The summed E-state index contributed by atoms with van der Waals surface area (Å²) >= 11 is 0. The van der Waals surface area contributed by atoms with Crippen LogP contribution in [0.15, 0.2) is 36.8 Å². The van der Waals surface area contributed by atoms with E-state index >= 15 is 0 Å². The normalized spacial score (nSPS) is 19.0. The molecule has 0 radical (unpaired) electrons. The lowest BCUT2D eigenvalue weighted by atomic mass is 9.93. The summed E-state index contributed by atoms with van der Waals surface area (Å²) in [5.41, 5.74) is 2.62. The molecule has 3 aromatic rings. The molecule has 0 aliphatic carbocycles. The van der Waals surface area contributed by atoms with Crippen LogP contribution in [0, 0.1) is 5.92 Å². The van der Waals surface area contributed by atoms with Gasteiger partial charge in [-0.1, -0.05) is 0 Å². The molecule has 0 unspecified atom stereocenters. The van der Waals surface area contributed by atoms with Gasteiger partial charge in [0.25, 0.3) is 0 Å². The monoisotopic (exact) mass is 420 g/mol. The minimum absolute atomic E-state index is 0.0308. The zero-order valence-corrected chi connectivity index (χ0v) is 17.8. The van der Waals surface area contributed by atoms with Crippen LogP contribution in [0.1, 0.15) is 25.7 Å². The molecule has 2 fully saturated rings. The number of nitrogens with zero attached hydrogens (tertiary/aromatic N) is 5. The van der Waals surface area contributed by atoms with Crippen LogP contribution >= 0.6 is 0 Å². The van der Waals surface area contributed by atoms with Crippen LogP contribution in [0.4, 0.5) is 5.82 Å². The number of ether oxygens (including phenoxy) is 1. The fraction of sp³-hybridized carbons (Fsp3) is 0.478. The third kappa shape index (κ3) is 4.45. The molecular formula is C23H28N6O2. The predicted molar refractivity (Wildman–Crippen MR) is 119 cm³/mol. The van der Waals surface area contributed by atoms with Crippen molar-refractivity contribution in [1.29, 1.82) is 0 Å². The highest BCUT2D eigenvalue weighted by Crippen LogP contribution is 2.25. The molecule has 1 amide bonds. The van der Waals surface area contributed by atoms with Crippen LogP contribution in [0.5, 0.6) is 0 Å². The molecule has 0 atom stereocenters. The summed E-state index contributed by atoms with van der Waals surface area (Å²) < 4.78 is 7.23. The van der Waals surface area contributed by atoms with Crippen molar-refractivity contribution in [3.05, 3.63) is 36.8 Å². The van der Waals surface area contributed by atoms with Gasteiger partial charge in [-0.05, 0) is 50.9 Å². The number of piperidine rings is 1. The third-order valence-corrected chi connectivity index (χ3v) is 6.43. The fourth-order valence-corrected chi connectivity index (χ4v) is 4.60. The van der Waals surface area contributed by atoms with Crippen LogP contribution in [0.25, 0.3) is 22.2 Å². The van der Waals surface area contributed by atoms with Gasteiger partial charge in [-0.15, -0.1) is 0 Å². The second-order valence-corrected chi connectivity index (χ2v) is 8.50. The molecule has 2 aliphatic heterocycles. The van der Waals surface area contributed by atoms with Crippen LogP contribution in [0.2, 0.25) is 0 Å². The van der Waals surface area contributed by atoms with Crippen molar-refractivity contribution in [3.8, 4) is 11.3 Å². The van der Waals surface area contributed by atoms with Crippen molar-refractivity contribution in [1.82, 2.24) is 24.6 Å². The van der Waals surface area contributed by atoms with Crippen molar-refractivity contribution in [2.45, 2.75) is 31.7 Å². The van der Waals surface area contributed by atoms with Crippen LogP contribution in [0.3, 0.4) is 0 Å². The number of rotatable bonds is 4. The van der Waals surface area contributed by atoms with E-state index in [4.69, 9.17) is 9.72 Å². The number of hydrogen-bond donors (Lipinski definition) is 1. The van der Waals surface area contributed by atoms with E-state index in [9.17, 15) is 4.79 Å². The number of nitrogens with one attached hydrogen (secondary N) is 1. The van der Waals surface area contributed by atoms with E-state index in [2.05, 4.69) is 20.3 Å². The molecule has 8 heteroatoms. The second-order valence-electron chi connectivity index (χ2n) is 8.50. The van der Waals surface area contributed by atoms with Gasteiger partial charge in [-0.3, -0.25) is 9.48 Å². The molecule has 1 N–H and O–H groups in total. The summed E-state index contributed by atoms with van der Waals surface area (Å²) in [5.74, 6) is 0.644. The summed E-state index contributed by atoms with van der Waals surface area (Å²) in [4.78, 5) is 24.6. The average Bonchev–Trinajstić information content (AvgIpc) is 3.25. The van der Waals surface area contributed by atoms with Gasteiger partial charge in [-0.25, -0.2) is 9.97 Å². The molecule has 31 heavy (non-hydrogen) atoms. The maximum absolute atomic E-state index is 12.9. The summed E-state index contributed by atoms with van der Waals surface area (Å²) in [5, 5.41) is 8.17. The Kier molecular flexibility index (Phi) is 5.65. The largest absolute Gasteiger partial charge is 0.381 e. The molecule has 162 valence electrons. The zero-order chi connectivity index (χ0) is 21.2. The third-order valence-electron chi connectivity index (χ3n) is 6.43. The van der Waals surface area contributed by atoms with Gasteiger partial charge in [0.05, 0.1) is 17.4 Å². The molecule has 0 bridgehead atoms. The quantitative estimate of drug-likeness (QED) is 0.699. The number of carbonyl (C=O) groups excluding carboxylic acids is 1. The molecule has 0 saturated carbocycles. The number of fused-ring (bicyclic) bond motifs is 1. The lowest BCUT2D eigenvalue weighted by Gasteiger charge is -2.38. The summed E-state index contributed by atoms with van der Waals surface area (Å²) in [6.45, 7) is 3.67. The molecule has 3 aromatic heterocycles. The number of hydrogen-bond acceptors (Lipinski definition) is 6. The Bertz CT molecular complexity index is 1070. The van der Waals surface area contributed by atoms with Gasteiger partial charge in [0.2, 0.25) is 5.91 Å². The Morgan fingerprint density at radius 3 is 2.68 bits per heavy atom. The Morgan fingerprint density at radius 2 is 1.94 bits per heavy atom. The van der Waals surface area contributed by atoms with Crippen molar-refractivity contribution in [2.75, 3.05) is 31.6 Å². The first-order valence-corrected chi connectivity index (χ1v) is 11.0. The number of carbonyl (C=O) groups is 1. The molecule has 5 heterocycles. The highest BCUT2D eigenvalue weighted by molar-refractivity contribution is 5.93. The molecule has 8 nitrogen and oxygen atoms in total. The number of likely N-dealkylation sites (tertiary alicyclic amines) is 1. The molecule has 0 aromatic carbocycles. The maximum atomic E-state index is 12.9. The topological polar surface area (TPSA) is 85.2 Å². The fourth-order valence-electron chi connectivity index (χ4n) is 4.60. The SMILES string of the molecule is Cn1cc(-c2ccc3cnc(NC(=O)C4CCN(C5CCOCC5)CC4)cc3n2)cn1. The van der Waals surface area contributed by atoms with Crippen LogP contribution < -0.4 is 5.32 Å². The van der Waals surface area contributed by atoms with Gasteiger partial charge in [0.1, 0.15) is 5.82 Å². The molecular weight excluding hydrogens is 392 g/mol. The average molecular weight is 421 g/mol. The number of amides is 1. The smallest absolute Gasteiger partial charge is 0.228 e. The first kappa shape index (κ1) is 20.1. The Hall–Kier alpha value is -2.84. The number of pyridine rings is 2. The highest BCUT2D eigenvalue weighted by Gasteiger charge is 2.29. The molecule has 2 aliphatic rings. The second kappa shape index (κ2) is 8.72. The van der Waals surface area contributed by atoms with Gasteiger partial charge < -0.3 is 15.0 Å². The zero-order valence-electron chi connectivity index (χ0n) is 17.8.